The van der Waals surface area contributed by atoms with Gasteiger partial charge in [0.15, 0.2) is 5.75 Å². The van der Waals surface area contributed by atoms with Gasteiger partial charge in [0.05, 0.1) is 0 Å². The van der Waals surface area contributed by atoms with E-state index < -0.39 is 0 Å². The summed E-state index contributed by atoms with van der Waals surface area (Å²) in [6, 6.07) is 28.1. The van der Waals surface area contributed by atoms with E-state index >= 15 is 0 Å². The van der Waals surface area contributed by atoms with Crippen LogP contribution < -0.4 is 4.84 Å². The fourth-order valence-corrected chi connectivity index (χ4v) is 2.25. The molecule has 4 heteroatoms. The van der Waals surface area contributed by atoms with Crippen LogP contribution in [0.1, 0.15) is 11.1 Å². The van der Waals surface area contributed by atoms with Gasteiger partial charge in [-0.1, -0.05) is 89.2 Å². The lowest BCUT2D eigenvalue weighted by Gasteiger charge is -2.09. The molecule has 0 aliphatic heterocycles. The van der Waals surface area contributed by atoms with Crippen molar-refractivity contribution in [1.82, 2.24) is 0 Å². The summed E-state index contributed by atoms with van der Waals surface area (Å²) in [5.74, 6) is 0.608. The molecule has 24 heavy (non-hydrogen) atoms. The number of nitrogens with zero attached hydrogens (tertiary/aromatic N) is 2. The monoisotopic (exact) mass is 316 g/mol. The molecular weight excluding hydrogens is 300 g/mol. The highest BCUT2D eigenvalue weighted by molar-refractivity contribution is 6.53. The predicted octanol–water partition coefficient (Wildman–Crippen LogP) is 4.35. The van der Waals surface area contributed by atoms with Crippen LogP contribution in [0.5, 0.6) is 5.75 Å². The number of benzene rings is 3. The van der Waals surface area contributed by atoms with Crippen LogP contribution in [0.2, 0.25) is 0 Å². The molecule has 3 aromatic rings. The first-order valence-corrected chi connectivity index (χ1v) is 7.52. The number of hydrogen-bond acceptors (Lipinski definition) is 4. The van der Waals surface area contributed by atoms with Gasteiger partial charge in [0.25, 0.3) is 0 Å². The molecule has 0 unspecified atom stereocenters. The van der Waals surface area contributed by atoms with E-state index in [1.54, 1.807) is 0 Å². The third kappa shape index (κ3) is 3.67. The van der Waals surface area contributed by atoms with Gasteiger partial charge >= 0.3 is 0 Å². The van der Waals surface area contributed by atoms with Crippen LogP contribution in [-0.2, 0) is 0 Å². The molecular formula is C20H16N2O2. The Hall–Kier alpha value is -3.40. The molecule has 0 fully saturated rings. The van der Waals surface area contributed by atoms with Gasteiger partial charge in [-0.05, 0) is 12.1 Å². The summed E-state index contributed by atoms with van der Waals surface area (Å²) in [5.41, 5.74) is 2.34. The SMILES string of the molecule is ON=C(C(=NOc1ccccc1)c1ccccc1)c1ccccc1. The highest BCUT2D eigenvalue weighted by Crippen LogP contribution is 2.13. The van der Waals surface area contributed by atoms with E-state index in [0.717, 1.165) is 11.1 Å². The topological polar surface area (TPSA) is 54.2 Å². The summed E-state index contributed by atoms with van der Waals surface area (Å²) in [7, 11) is 0. The lowest BCUT2D eigenvalue weighted by molar-refractivity contribution is 0.319. The molecule has 0 aliphatic carbocycles. The Bertz CT molecular complexity index is 829. The van der Waals surface area contributed by atoms with Crippen LogP contribution in [0.4, 0.5) is 0 Å². The van der Waals surface area contributed by atoms with Crippen molar-refractivity contribution < 1.29 is 10.0 Å². The molecule has 0 saturated carbocycles. The molecule has 118 valence electrons. The standard InChI is InChI=1S/C20H16N2O2/c23-21-19(16-10-4-1-5-11-16)20(17-12-6-2-7-13-17)22-24-18-14-8-3-9-15-18/h1-15,23H. The molecule has 1 N–H and O–H groups in total. The summed E-state index contributed by atoms with van der Waals surface area (Å²) in [6.45, 7) is 0. The quantitative estimate of drug-likeness (QED) is 0.432. The summed E-state index contributed by atoms with van der Waals surface area (Å²) >= 11 is 0. The van der Waals surface area contributed by atoms with Crippen LogP contribution >= 0.6 is 0 Å². The third-order valence-electron chi connectivity index (χ3n) is 3.40. The summed E-state index contributed by atoms with van der Waals surface area (Å²) < 4.78 is 0. The Morgan fingerprint density at radius 3 is 1.58 bits per heavy atom. The van der Waals surface area contributed by atoms with Crippen LogP contribution in [-0.4, -0.2) is 16.6 Å². The number of para-hydroxylation sites is 1. The number of oxime groups is 2. The van der Waals surface area contributed by atoms with Crippen molar-refractivity contribution in [2.45, 2.75) is 0 Å². The Morgan fingerprint density at radius 1 is 0.625 bits per heavy atom. The van der Waals surface area contributed by atoms with Gasteiger partial charge in [0, 0.05) is 11.1 Å². The lowest BCUT2D eigenvalue weighted by Crippen LogP contribution is -2.18. The molecule has 0 saturated heterocycles. The molecule has 0 amide bonds. The van der Waals surface area contributed by atoms with E-state index in [9.17, 15) is 5.21 Å². The lowest BCUT2D eigenvalue weighted by atomic mass is 10.00. The largest absolute Gasteiger partial charge is 0.410 e. The van der Waals surface area contributed by atoms with Gasteiger partial charge in [0.1, 0.15) is 11.4 Å². The molecule has 0 atom stereocenters. The van der Waals surface area contributed by atoms with Gasteiger partial charge < -0.3 is 10.0 Å². The van der Waals surface area contributed by atoms with Gasteiger partial charge in [-0.3, -0.25) is 0 Å². The minimum absolute atomic E-state index is 0.345. The molecule has 0 bridgehead atoms. The zero-order chi connectivity index (χ0) is 16.6. The first kappa shape index (κ1) is 15.5. The Kier molecular flexibility index (Phi) is 5.00. The maximum atomic E-state index is 9.56. The molecule has 0 aliphatic rings. The van der Waals surface area contributed by atoms with Crippen LogP contribution in [0.3, 0.4) is 0 Å². The van der Waals surface area contributed by atoms with E-state index in [-0.39, 0.29) is 0 Å². The van der Waals surface area contributed by atoms with Crippen molar-refractivity contribution in [1.29, 1.82) is 0 Å². The third-order valence-corrected chi connectivity index (χ3v) is 3.40. The average Bonchev–Trinajstić information content (AvgIpc) is 2.67. The minimum atomic E-state index is 0.345. The zero-order valence-electron chi connectivity index (χ0n) is 12.9. The fourth-order valence-electron chi connectivity index (χ4n) is 2.25. The molecule has 4 nitrogen and oxygen atoms in total. The maximum Gasteiger partial charge on any atom is 0.157 e. The predicted molar refractivity (Wildman–Crippen MR) is 94.8 cm³/mol. The summed E-state index contributed by atoms with van der Waals surface area (Å²) in [4.78, 5) is 5.52. The molecule has 0 heterocycles. The molecule has 0 radical (unpaired) electrons. The maximum absolute atomic E-state index is 9.56. The van der Waals surface area contributed by atoms with Gasteiger partial charge in [-0.25, -0.2) is 0 Å². The van der Waals surface area contributed by atoms with Gasteiger partial charge in [-0.2, -0.15) is 0 Å². The van der Waals surface area contributed by atoms with Gasteiger partial charge in [0.2, 0.25) is 0 Å². The van der Waals surface area contributed by atoms with Crippen molar-refractivity contribution in [2.75, 3.05) is 0 Å². The molecule has 0 spiro atoms. The zero-order valence-corrected chi connectivity index (χ0v) is 12.9. The molecule has 3 aromatic carbocycles. The molecule has 3 rings (SSSR count). The van der Waals surface area contributed by atoms with E-state index in [4.69, 9.17) is 4.84 Å². The van der Waals surface area contributed by atoms with Crippen molar-refractivity contribution in [3.63, 3.8) is 0 Å². The summed E-state index contributed by atoms with van der Waals surface area (Å²) in [5, 5.41) is 17.3. The van der Waals surface area contributed by atoms with E-state index in [1.165, 1.54) is 0 Å². The van der Waals surface area contributed by atoms with E-state index in [0.29, 0.717) is 17.2 Å². The van der Waals surface area contributed by atoms with Crippen molar-refractivity contribution in [2.24, 2.45) is 10.3 Å². The van der Waals surface area contributed by atoms with Crippen LogP contribution in [0.25, 0.3) is 0 Å². The first-order chi connectivity index (χ1) is 11.9. The Labute approximate surface area is 140 Å². The highest BCUT2D eigenvalue weighted by Gasteiger charge is 2.16. The second-order valence-corrected chi connectivity index (χ2v) is 5.02. The van der Waals surface area contributed by atoms with E-state index in [2.05, 4.69) is 10.3 Å². The van der Waals surface area contributed by atoms with E-state index in [1.807, 2.05) is 91.0 Å². The van der Waals surface area contributed by atoms with Crippen molar-refractivity contribution >= 4 is 11.4 Å². The number of rotatable bonds is 5. The number of hydrogen-bond donors (Lipinski definition) is 1. The Balaban J connectivity index is 2.02. The second kappa shape index (κ2) is 7.74. The van der Waals surface area contributed by atoms with Crippen LogP contribution in [0, 0.1) is 0 Å². The minimum Gasteiger partial charge on any atom is -0.410 e. The first-order valence-electron chi connectivity index (χ1n) is 7.52. The average molecular weight is 316 g/mol. The Morgan fingerprint density at radius 2 is 1.08 bits per heavy atom. The smallest absolute Gasteiger partial charge is 0.157 e. The van der Waals surface area contributed by atoms with Crippen molar-refractivity contribution in [3.05, 3.63) is 102 Å². The normalized spacial score (nSPS) is 12.0. The van der Waals surface area contributed by atoms with Crippen LogP contribution in [0.15, 0.2) is 101 Å². The fraction of sp³-hybridized carbons (Fsp3) is 0. The van der Waals surface area contributed by atoms with Crippen molar-refractivity contribution in [3.8, 4) is 5.75 Å². The second-order valence-electron chi connectivity index (χ2n) is 5.02. The molecule has 0 aromatic heterocycles. The highest BCUT2D eigenvalue weighted by atomic mass is 16.6. The van der Waals surface area contributed by atoms with Gasteiger partial charge in [-0.15, -0.1) is 0 Å². The summed E-state index contributed by atoms with van der Waals surface area (Å²) in [6.07, 6.45) is 0.